The molecule has 1 aliphatic rings. The van der Waals surface area contributed by atoms with Crippen LogP contribution in [0.3, 0.4) is 0 Å². The summed E-state index contributed by atoms with van der Waals surface area (Å²) in [4.78, 5) is 13.5. The van der Waals surface area contributed by atoms with Gasteiger partial charge in [-0.1, -0.05) is 12.1 Å². The van der Waals surface area contributed by atoms with Gasteiger partial charge in [0.25, 0.3) is 0 Å². The van der Waals surface area contributed by atoms with Crippen molar-refractivity contribution in [1.29, 1.82) is 0 Å². The maximum Gasteiger partial charge on any atom is 0.317 e. The molecule has 1 fully saturated rings. The van der Waals surface area contributed by atoms with Crippen LogP contribution in [-0.4, -0.2) is 43.8 Å². The third kappa shape index (κ3) is 3.70. The molecule has 2 rings (SSSR count). The number of ether oxygens (including phenoxy) is 1. The van der Waals surface area contributed by atoms with Gasteiger partial charge in [-0.15, -0.1) is 0 Å². The summed E-state index contributed by atoms with van der Waals surface area (Å²) in [5, 5.41) is 2.83. The molecule has 18 heavy (non-hydrogen) atoms. The first-order valence-electron chi connectivity index (χ1n) is 6.10. The van der Waals surface area contributed by atoms with Crippen LogP contribution in [0.1, 0.15) is 5.56 Å². The van der Waals surface area contributed by atoms with Crippen LogP contribution < -0.4 is 5.32 Å². The Morgan fingerprint density at radius 1 is 1.39 bits per heavy atom. The van der Waals surface area contributed by atoms with Gasteiger partial charge < -0.3 is 15.0 Å². The number of urea groups is 1. The fourth-order valence-electron chi connectivity index (χ4n) is 1.88. The van der Waals surface area contributed by atoms with E-state index >= 15 is 0 Å². The molecule has 1 N–H and O–H groups in total. The molecule has 4 nitrogen and oxygen atoms in total. The number of nitrogens with zero attached hydrogens (tertiary/aromatic N) is 1. The molecule has 0 aromatic heterocycles. The van der Waals surface area contributed by atoms with E-state index in [1.165, 1.54) is 12.1 Å². The first-order valence-corrected chi connectivity index (χ1v) is 6.10. The maximum absolute atomic E-state index is 12.9. The molecular weight excluding hydrogens is 235 g/mol. The fraction of sp³-hybridized carbons (Fsp3) is 0.462. The summed E-state index contributed by atoms with van der Waals surface area (Å²) in [6.07, 6.45) is 0.633. The summed E-state index contributed by atoms with van der Waals surface area (Å²) in [7, 11) is 0. The van der Waals surface area contributed by atoms with Crippen LogP contribution in [0, 0.1) is 5.82 Å². The highest BCUT2D eigenvalue weighted by molar-refractivity contribution is 5.74. The Morgan fingerprint density at radius 2 is 2.17 bits per heavy atom. The number of hydrogen-bond donors (Lipinski definition) is 1. The van der Waals surface area contributed by atoms with Crippen LogP contribution in [0.4, 0.5) is 9.18 Å². The Bertz CT molecular complexity index is 406. The van der Waals surface area contributed by atoms with E-state index in [0.717, 1.165) is 5.56 Å². The number of carbonyl (C=O) groups is 1. The lowest BCUT2D eigenvalue weighted by molar-refractivity contribution is 0.0533. The molecule has 0 unspecified atom stereocenters. The summed E-state index contributed by atoms with van der Waals surface area (Å²) in [5.41, 5.74) is 0.886. The predicted molar refractivity (Wildman–Crippen MR) is 65.9 cm³/mol. The quantitative estimate of drug-likeness (QED) is 0.883. The van der Waals surface area contributed by atoms with Crippen molar-refractivity contribution in [2.45, 2.75) is 6.42 Å². The number of nitrogens with one attached hydrogen (secondary N) is 1. The molecule has 0 bridgehead atoms. The van der Waals surface area contributed by atoms with Crippen molar-refractivity contribution in [2.24, 2.45) is 0 Å². The van der Waals surface area contributed by atoms with Crippen LogP contribution in [-0.2, 0) is 11.2 Å². The third-order valence-electron chi connectivity index (χ3n) is 2.88. The SMILES string of the molecule is O=C(NCCc1cccc(F)c1)N1CCOCC1. The number of halogens is 1. The van der Waals surface area contributed by atoms with Crippen molar-refractivity contribution in [3.05, 3.63) is 35.6 Å². The molecule has 1 aliphatic heterocycles. The van der Waals surface area contributed by atoms with Gasteiger partial charge in [0.05, 0.1) is 13.2 Å². The molecule has 0 atom stereocenters. The van der Waals surface area contributed by atoms with Gasteiger partial charge in [-0.05, 0) is 24.1 Å². The average Bonchev–Trinajstić information content (AvgIpc) is 2.40. The van der Waals surface area contributed by atoms with Crippen molar-refractivity contribution in [3.63, 3.8) is 0 Å². The molecule has 1 heterocycles. The van der Waals surface area contributed by atoms with Crippen molar-refractivity contribution in [2.75, 3.05) is 32.8 Å². The lowest BCUT2D eigenvalue weighted by atomic mass is 10.1. The Hall–Kier alpha value is -1.62. The van der Waals surface area contributed by atoms with Crippen molar-refractivity contribution < 1.29 is 13.9 Å². The Labute approximate surface area is 106 Å². The molecule has 2 amide bonds. The Morgan fingerprint density at radius 3 is 2.89 bits per heavy atom. The fourth-order valence-corrected chi connectivity index (χ4v) is 1.88. The van der Waals surface area contributed by atoms with E-state index in [1.807, 2.05) is 6.07 Å². The number of hydrogen-bond acceptors (Lipinski definition) is 2. The van der Waals surface area contributed by atoms with E-state index < -0.39 is 0 Å². The third-order valence-corrected chi connectivity index (χ3v) is 2.88. The minimum absolute atomic E-state index is 0.0743. The molecule has 0 spiro atoms. The molecule has 98 valence electrons. The van der Waals surface area contributed by atoms with E-state index in [4.69, 9.17) is 4.74 Å². The molecule has 5 heteroatoms. The topological polar surface area (TPSA) is 41.6 Å². The van der Waals surface area contributed by atoms with Gasteiger partial charge in [-0.25, -0.2) is 9.18 Å². The van der Waals surface area contributed by atoms with Gasteiger partial charge in [0.1, 0.15) is 5.82 Å². The number of amides is 2. The van der Waals surface area contributed by atoms with Gasteiger partial charge in [0.15, 0.2) is 0 Å². The molecule has 1 aromatic rings. The van der Waals surface area contributed by atoms with Crippen molar-refractivity contribution >= 4 is 6.03 Å². The normalized spacial score (nSPS) is 15.5. The van der Waals surface area contributed by atoms with E-state index in [0.29, 0.717) is 39.3 Å². The monoisotopic (exact) mass is 252 g/mol. The number of carbonyl (C=O) groups excluding carboxylic acids is 1. The standard InChI is InChI=1S/C13H17FN2O2/c14-12-3-1-2-11(10-12)4-5-15-13(17)16-6-8-18-9-7-16/h1-3,10H,4-9H2,(H,15,17). The van der Waals surface area contributed by atoms with E-state index in [2.05, 4.69) is 5.32 Å². The second-order valence-corrected chi connectivity index (χ2v) is 4.21. The highest BCUT2D eigenvalue weighted by Crippen LogP contribution is 2.04. The van der Waals surface area contributed by atoms with Crippen molar-refractivity contribution in [1.82, 2.24) is 10.2 Å². The van der Waals surface area contributed by atoms with Gasteiger partial charge >= 0.3 is 6.03 Å². The molecule has 1 saturated heterocycles. The molecular formula is C13H17FN2O2. The molecule has 0 radical (unpaired) electrons. The average molecular weight is 252 g/mol. The largest absolute Gasteiger partial charge is 0.378 e. The van der Waals surface area contributed by atoms with Crippen LogP contribution in [0.25, 0.3) is 0 Å². The van der Waals surface area contributed by atoms with Crippen LogP contribution >= 0.6 is 0 Å². The summed E-state index contributed by atoms with van der Waals surface area (Å²) in [6, 6.07) is 6.35. The Balaban J connectivity index is 1.73. The zero-order chi connectivity index (χ0) is 12.8. The lowest BCUT2D eigenvalue weighted by Gasteiger charge is -2.26. The first kappa shape index (κ1) is 12.8. The Kier molecular flexibility index (Phi) is 4.52. The zero-order valence-electron chi connectivity index (χ0n) is 10.2. The van der Waals surface area contributed by atoms with Crippen LogP contribution in [0.5, 0.6) is 0 Å². The smallest absolute Gasteiger partial charge is 0.317 e. The molecule has 1 aromatic carbocycles. The minimum atomic E-state index is -0.244. The summed E-state index contributed by atoms with van der Waals surface area (Å²) < 4.78 is 18.1. The number of benzene rings is 1. The first-order chi connectivity index (χ1) is 8.75. The van der Waals surface area contributed by atoms with Crippen LogP contribution in [0.2, 0.25) is 0 Å². The van der Waals surface area contributed by atoms with Gasteiger partial charge in [0, 0.05) is 19.6 Å². The van der Waals surface area contributed by atoms with E-state index in [1.54, 1.807) is 11.0 Å². The number of morpholine rings is 1. The minimum Gasteiger partial charge on any atom is -0.378 e. The van der Waals surface area contributed by atoms with Gasteiger partial charge in [-0.2, -0.15) is 0 Å². The van der Waals surface area contributed by atoms with E-state index in [-0.39, 0.29) is 11.8 Å². The second-order valence-electron chi connectivity index (χ2n) is 4.21. The summed E-state index contributed by atoms with van der Waals surface area (Å²) >= 11 is 0. The predicted octanol–water partition coefficient (Wildman–Crippen LogP) is 1.41. The summed E-state index contributed by atoms with van der Waals surface area (Å²) in [6.45, 7) is 2.96. The zero-order valence-corrected chi connectivity index (χ0v) is 10.2. The van der Waals surface area contributed by atoms with Gasteiger partial charge in [0.2, 0.25) is 0 Å². The number of rotatable bonds is 3. The van der Waals surface area contributed by atoms with Crippen LogP contribution in [0.15, 0.2) is 24.3 Å². The lowest BCUT2D eigenvalue weighted by Crippen LogP contribution is -2.46. The van der Waals surface area contributed by atoms with Gasteiger partial charge in [-0.3, -0.25) is 0 Å². The molecule has 0 saturated carbocycles. The molecule has 0 aliphatic carbocycles. The summed E-state index contributed by atoms with van der Waals surface area (Å²) in [5.74, 6) is -0.244. The van der Waals surface area contributed by atoms with E-state index in [9.17, 15) is 9.18 Å². The van der Waals surface area contributed by atoms with Crippen molar-refractivity contribution in [3.8, 4) is 0 Å². The maximum atomic E-state index is 12.9. The second kappa shape index (κ2) is 6.35. The highest BCUT2D eigenvalue weighted by Gasteiger charge is 2.15. The highest BCUT2D eigenvalue weighted by atomic mass is 19.1.